The van der Waals surface area contributed by atoms with Gasteiger partial charge in [-0.3, -0.25) is 0 Å². The first kappa shape index (κ1) is 25.2. The molecular weight excluding hydrogens is 440 g/mol. The molecule has 0 amide bonds. The van der Waals surface area contributed by atoms with Gasteiger partial charge in [0.2, 0.25) is 0 Å². The summed E-state index contributed by atoms with van der Waals surface area (Å²) in [6, 6.07) is 9.78. The van der Waals surface area contributed by atoms with Gasteiger partial charge in [0.1, 0.15) is 17.4 Å². The van der Waals surface area contributed by atoms with Crippen LogP contribution in [0.25, 0.3) is 0 Å². The van der Waals surface area contributed by atoms with Crippen LogP contribution in [0.2, 0.25) is 0 Å². The van der Waals surface area contributed by atoms with Crippen molar-refractivity contribution in [3.63, 3.8) is 0 Å². The summed E-state index contributed by atoms with van der Waals surface area (Å²) in [4.78, 5) is 11.0. The lowest BCUT2D eigenvalue weighted by atomic mass is 9.97. The Kier molecular flexibility index (Phi) is 8.43. The Morgan fingerprint density at radius 2 is 1.77 bits per heavy atom. The molecule has 3 saturated heterocycles. The average molecular weight is 481 g/mol. The predicted molar refractivity (Wildman–Crippen MR) is 138 cm³/mol. The van der Waals surface area contributed by atoms with Gasteiger partial charge in [-0.25, -0.2) is 9.97 Å². The van der Waals surface area contributed by atoms with Gasteiger partial charge >= 0.3 is 0 Å². The Morgan fingerprint density at radius 3 is 2.40 bits per heavy atom. The first-order valence-electron chi connectivity index (χ1n) is 12.7. The molecule has 0 aliphatic carbocycles. The molecule has 5 rings (SSSR count). The van der Waals surface area contributed by atoms with Gasteiger partial charge in [0, 0.05) is 61.0 Å². The quantitative estimate of drug-likeness (QED) is 0.374. The molecule has 9 heteroatoms. The number of piperidine rings is 1. The SMILES string of the molecule is Cc1ccnc(C2CCNCC2)n1.NC(N)=C(CC(N)c1ccccc1O)N1CC2CCC(C1)N2. The number of nitrogens with one attached hydrogen (secondary N) is 2. The average Bonchev–Trinajstić information content (AvgIpc) is 3.20. The van der Waals surface area contributed by atoms with E-state index in [1.807, 2.05) is 31.3 Å². The third kappa shape index (κ3) is 6.62. The number of aromatic nitrogens is 2. The van der Waals surface area contributed by atoms with Crippen LogP contribution < -0.4 is 27.8 Å². The summed E-state index contributed by atoms with van der Waals surface area (Å²) >= 11 is 0. The second-order valence-electron chi connectivity index (χ2n) is 9.89. The van der Waals surface area contributed by atoms with Gasteiger partial charge in [0.25, 0.3) is 0 Å². The standard InChI is InChI=1S/C16H25N5O.C10H15N3/c17-13(12-3-1-2-4-15(12)22)7-14(16(18)19)21-8-10-5-6-11(9-21)20-10;1-8-2-7-12-10(13-8)9-3-5-11-6-4-9/h1-4,10-11,13,20,22H,5-9,17-19H2;2,7,9,11H,3-6H2,1H3. The number of aryl methyl sites for hydroxylation is 1. The van der Waals surface area contributed by atoms with Gasteiger partial charge < -0.3 is 37.8 Å². The number of rotatable bonds is 5. The largest absolute Gasteiger partial charge is 0.508 e. The number of para-hydroxylation sites is 1. The van der Waals surface area contributed by atoms with Crippen LogP contribution in [-0.2, 0) is 0 Å². The molecule has 3 unspecified atom stereocenters. The molecule has 9 N–H and O–H groups in total. The minimum absolute atomic E-state index is 0.213. The molecule has 3 aliphatic heterocycles. The normalized spacial score (nSPS) is 22.7. The lowest BCUT2D eigenvalue weighted by molar-refractivity contribution is 0.231. The summed E-state index contributed by atoms with van der Waals surface area (Å²) in [5.74, 6) is 2.14. The van der Waals surface area contributed by atoms with Gasteiger partial charge in [-0.2, -0.15) is 0 Å². The van der Waals surface area contributed by atoms with E-state index in [0.29, 0.717) is 30.2 Å². The summed E-state index contributed by atoms with van der Waals surface area (Å²) in [5.41, 5.74) is 20.8. The Labute approximate surface area is 208 Å². The van der Waals surface area contributed by atoms with Crippen LogP contribution in [-0.4, -0.2) is 58.2 Å². The number of hydrogen-bond donors (Lipinski definition) is 6. The summed E-state index contributed by atoms with van der Waals surface area (Å²) in [5, 5.41) is 16.9. The van der Waals surface area contributed by atoms with Gasteiger partial charge in [0.05, 0.1) is 5.70 Å². The maximum atomic E-state index is 9.95. The summed E-state index contributed by atoms with van der Waals surface area (Å²) in [6.07, 6.45) is 7.13. The molecule has 9 nitrogen and oxygen atoms in total. The van der Waals surface area contributed by atoms with E-state index in [2.05, 4.69) is 25.5 Å². The van der Waals surface area contributed by atoms with Gasteiger partial charge in [-0.1, -0.05) is 18.2 Å². The maximum absolute atomic E-state index is 9.95. The smallest absolute Gasteiger partial charge is 0.131 e. The molecule has 0 radical (unpaired) electrons. The number of phenols is 1. The van der Waals surface area contributed by atoms with Gasteiger partial charge in [0.15, 0.2) is 0 Å². The second kappa shape index (κ2) is 11.7. The van der Waals surface area contributed by atoms with Crippen molar-refractivity contribution in [2.75, 3.05) is 26.2 Å². The predicted octanol–water partition coefficient (Wildman–Crippen LogP) is 1.56. The number of phenolic OH excluding ortho intramolecular Hbond substituents is 1. The highest BCUT2D eigenvalue weighted by Gasteiger charge is 2.34. The zero-order valence-electron chi connectivity index (χ0n) is 20.7. The van der Waals surface area contributed by atoms with Crippen LogP contribution in [0, 0.1) is 6.92 Å². The number of fused-ring (bicyclic) bond motifs is 2. The van der Waals surface area contributed by atoms with Crippen LogP contribution >= 0.6 is 0 Å². The molecule has 35 heavy (non-hydrogen) atoms. The monoisotopic (exact) mass is 480 g/mol. The third-order valence-electron chi connectivity index (χ3n) is 7.20. The highest BCUT2D eigenvalue weighted by molar-refractivity contribution is 5.35. The highest BCUT2D eigenvalue weighted by Crippen LogP contribution is 2.30. The molecule has 2 aromatic rings. The van der Waals surface area contributed by atoms with E-state index in [9.17, 15) is 5.11 Å². The lowest BCUT2D eigenvalue weighted by Gasteiger charge is -2.37. The number of aromatic hydroxyl groups is 1. The molecule has 0 spiro atoms. The minimum Gasteiger partial charge on any atom is -0.508 e. The van der Waals surface area contributed by atoms with E-state index in [1.54, 1.807) is 12.1 Å². The summed E-state index contributed by atoms with van der Waals surface area (Å²) < 4.78 is 0. The van der Waals surface area contributed by atoms with Crippen molar-refractivity contribution in [3.8, 4) is 5.75 Å². The number of nitrogens with two attached hydrogens (primary N) is 3. The number of piperazine rings is 1. The van der Waals surface area contributed by atoms with Crippen LogP contribution in [0.1, 0.15) is 61.1 Å². The summed E-state index contributed by atoms with van der Waals surface area (Å²) in [6.45, 7) is 6.05. The Morgan fingerprint density at radius 1 is 1.09 bits per heavy atom. The Hall–Kier alpha value is -2.88. The molecule has 2 bridgehead atoms. The van der Waals surface area contributed by atoms with E-state index in [0.717, 1.165) is 49.0 Å². The topological polar surface area (TPSA) is 151 Å². The molecule has 1 aromatic heterocycles. The van der Waals surface area contributed by atoms with Crippen LogP contribution in [0.3, 0.4) is 0 Å². The van der Waals surface area contributed by atoms with Crippen LogP contribution in [0.15, 0.2) is 48.0 Å². The first-order chi connectivity index (χ1) is 16.9. The van der Waals surface area contributed by atoms with Crippen molar-refractivity contribution in [3.05, 3.63) is 65.1 Å². The van der Waals surface area contributed by atoms with E-state index >= 15 is 0 Å². The second-order valence-corrected chi connectivity index (χ2v) is 9.89. The molecular formula is C26H40N8O. The molecule has 0 saturated carbocycles. The molecule has 3 aliphatic rings. The van der Waals surface area contributed by atoms with Crippen molar-refractivity contribution in [1.29, 1.82) is 0 Å². The van der Waals surface area contributed by atoms with Crippen molar-refractivity contribution in [1.82, 2.24) is 25.5 Å². The van der Waals surface area contributed by atoms with E-state index in [-0.39, 0.29) is 11.8 Å². The molecule has 190 valence electrons. The maximum Gasteiger partial charge on any atom is 0.131 e. The molecule has 3 fully saturated rings. The van der Waals surface area contributed by atoms with E-state index in [1.165, 1.54) is 25.7 Å². The Bertz CT molecular complexity index is 990. The number of hydrogen-bond acceptors (Lipinski definition) is 9. The Balaban J connectivity index is 0.000000189. The van der Waals surface area contributed by atoms with Gasteiger partial charge in [-0.15, -0.1) is 0 Å². The van der Waals surface area contributed by atoms with Crippen molar-refractivity contribution >= 4 is 0 Å². The van der Waals surface area contributed by atoms with E-state index < -0.39 is 0 Å². The zero-order valence-corrected chi connectivity index (χ0v) is 20.7. The fourth-order valence-corrected chi connectivity index (χ4v) is 5.31. The number of benzene rings is 1. The number of likely N-dealkylation sites (tertiary alicyclic amines) is 1. The van der Waals surface area contributed by atoms with Crippen molar-refractivity contribution in [2.24, 2.45) is 17.2 Å². The van der Waals surface area contributed by atoms with E-state index in [4.69, 9.17) is 17.2 Å². The third-order valence-corrected chi connectivity index (χ3v) is 7.20. The van der Waals surface area contributed by atoms with Crippen LogP contribution in [0.4, 0.5) is 0 Å². The first-order valence-corrected chi connectivity index (χ1v) is 12.7. The molecule has 3 atom stereocenters. The molecule has 1 aromatic carbocycles. The minimum atomic E-state index is -0.328. The summed E-state index contributed by atoms with van der Waals surface area (Å²) in [7, 11) is 0. The van der Waals surface area contributed by atoms with Crippen molar-refractivity contribution in [2.45, 2.75) is 63.1 Å². The highest BCUT2D eigenvalue weighted by atomic mass is 16.3. The molecule has 4 heterocycles. The van der Waals surface area contributed by atoms with Gasteiger partial charge in [-0.05, 0) is 57.8 Å². The number of nitrogens with zero attached hydrogens (tertiary/aromatic N) is 3. The zero-order chi connectivity index (χ0) is 24.8. The fraction of sp³-hybridized carbons (Fsp3) is 0.538. The fourth-order valence-electron chi connectivity index (χ4n) is 5.31. The van der Waals surface area contributed by atoms with Crippen molar-refractivity contribution < 1.29 is 5.11 Å². The van der Waals surface area contributed by atoms with Crippen LogP contribution in [0.5, 0.6) is 5.75 Å². The lowest BCUT2D eigenvalue weighted by Crippen LogP contribution is -2.51.